The summed E-state index contributed by atoms with van der Waals surface area (Å²) in [6.45, 7) is 1.66. The largest absolute Gasteiger partial charge is 0.417 e. The summed E-state index contributed by atoms with van der Waals surface area (Å²) in [6.07, 6.45) is -4.26. The van der Waals surface area contributed by atoms with Crippen molar-refractivity contribution in [2.24, 2.45) is 0 Å². The molecule has 0 heterocycles. The number of sulfonamides is 1. The number of hydrogen-bond acceptors (Lipinski definition) is 3. The van der Waals surface area contributed by atoms with Crippen LogP contribution in [-0.4, -0.2) is 20.9 Å². The van der Waals surface area contributed by atoms with E-state index in [2.05, 4.69) is 10.0 Å². The van der Waals surface area contributed by atoms with E-state index < -0.39 is 37.6 Å². The van der Waals surface area contributed by atoms with Crippen LogP contribution in [-0.2, 0) is 27.4 Å². The van der Waals surface area contributed by atoms with Crippen molar-refractivity contribution < 1.29 is 26.4 Å². The Morgan fingerprint density at radius 3 is 2.46 bits per heavy atom. The monoisotopic (exact) mass is 434 g/mol. The van der Waals surface area contributed by atoms with Crippen LogP contribution in [0.1, 0.15) is 24.5 Å². The smallest absolute Gasteiger partial charge is 0.326 e. The van der Waals surface area contributed by atoms with Gasteiger partial charge in [0.05, 0.1) is 15.5 Å². The van der Waals surface area contributed by atoms with Gasteiger partial charge in [-0.2, -0.15) is 13.2 Å². The van der Waals surface area contributed by atoms with Crippen molar-refractivity contribution in [2.45, 2.75) is 30.8 Å². The van der Waals surface area contributed by atoms with Gasteiger partial charge in [-0.15, -0.1) is 0 Å². The van der Waals surface area contributed by atoms with Crippen LogP contribution in [0.15, 0.2) is 47.4 Å². The number of nitrogens with one attached hydrogen (secondary N) is 2. The molecule has 1 amide bonds. The second-order valence-corrected chi connectivity index (χ2v) is 8.02. The normalized spacial score (nSPS) is 12.0. The molecule has 0 saturated heterocycles. The number of carbonyl (C=O) groups excluding carboxylic acids is 1. The molecule has 0 aliphatic heterocycles. The Labute approximate surface area is 166 Å². The lowest BCUT2D eigenvalue weighted by atomic mass is 10.1. The molecule has 2 rings (SSSR count). The van der Waals surface area contributed by atoms with Gasteiger partial charge in [-0.1, -0.05) is 36.7 Å². The van der Waals surface area contributed by atoms with E-state index >= 15 is 0 Å². The number of aryl methyl sites for hydroxylation is 1. The molecule has 0 saturated carbocycles. The zero-order valence-electron chi connectivity index (χ0n) is 14.8. The summed E-state index contributed by atoms with van der Waals surface area (Å²) in [5.74, 6) is -0.421. The van der Waals surface area contributed by atoms with Crippen LogP contribution in [0.4, 0.5) is 18.9 Å². The molecular weight excluding hydrogens is 417 g/mol. The fraction of sp³-hybridized carbons (Fsp3) is 0.278. The lowest BCUT2D eigenvalue weighted by Gasteiger charge is -2.12. The van der Waals surface area contributed by atoms with Crippen LogP contribution in [0.5, 0.6) is 0 Å². The Kier molecular flexibility index (Phi) is 7.08. The molecule has 0 aliphatic carbocycles. The van der Waals surface area contributed by atoms with Gasteiger partial charge in [0.15, 0.2) is 0 Å². The van der Waals surface area contributed by atoms with Gasteiger partial charge < -0.3 is 5.32 Å². The van der Waals surface area contributed by atoms with E-state index in [0.29, 0.717) is 18.2 Å². The van der Waals surface area contributed by atoms with Gasteiger partial charge >= 0.3 is 6.18 Å². The number of rotatable bonds is 7. The topological polar surface area (TPSA) is 75.3 Å². The Morgan fingerprint density at radius 2 is 1.82 bits per heavy atom. The van der Waals surface area contributed by atoms with Gasteiger partial charge in [0.1, 0.15) is 0 Å². The summed E-state index contributed by atoms with van der Waals surface area (Å²) in [4.78, 5) is 11.4. The zero-order chi connectivity index (χ0) is 20.9. The van der Waals surface area contributed by atoms with Gasteiger partial charge in [0.2, 0.25) is 15.9 Å². The average molecular weight is 435 g/mol. The van der Waals surface area contributed by atoms with Crippen LogP contribution in [0.3, 0.4) is 0 Å². The predicted octanol–water partition coefficient (Wildman–Crippen LogP) is 4.23. The number of alkyl halides is 3. The Balaban J connectivity index is 2.01. The highest BCUT2D eigenvalue weighted by Gasteiger charge is 2.34. The quantitative estimate of drug-likeness (QED) is 0.684. The molecule has 2 N–H and O–H groups in total. The maximum atomic E-state index is 12.9. The van der Waals surface area contributed by atoms with Gasteiger partial charge in [-0.05, 0) is 36.2 Å². The third-order valence-corrected chi connectivity index (χ3v) is 5.66. The molecule has 0 aliphatic rings. The molecule has 0 fully saturated rings. The number of carbonyl (C=O) groups is 1. The van der Waals surface area contributed by atoms with Gasteiger partial charge in [0, 0.05) is 18.7 Å². The number of anilines is 1. The summed E-state index contributed by atoms with van der Waals surface area (Å²) >= 11 is 5.49. The molecule has 0 atom stereocenters. The van der Waals surface area contributed by atoms with Crippen LogP contribution >= 0.6 is 11.6 Å². The first-order valence-corrected chi connectivity index (χ1v) is 10.1. The molecule has 2 aromatic rings. The molecule has 2 aromatic carbocycles. The lowest BCUT2D eigenvalue weighted by molar-refractivity contribution is -0.137. The van der Waals surface area contributed by atoms with Gasteiger partial charge in [-0.3, -0.25) is 4.79 Å². The van der Waals surface area contributed by atoms with Crippen molar-refractivity contribution in [2.75, 3.05) is 11.9 Å². The number of amides is 1. The number of halogens is 4. The van der Waals surface area contributed by atoms with E-state index in [1.54, 1.807) is 12.1 Å². The summed E-state index contributed by atoms with van der Waals surface area (Å²) in [6, 6.07) is 9.48. The molecular formula is C18H18ClF3N2O3S. The molecule has 0 unspecified atom stereocenters. The molecule has 10 heteroatoms. The van der Waals surface area contributed by atoms with Crippen LogP contribution in [0, 0.1) is 0 Å². The third kappa shape index (κ3) is 5.70. The second kappa shape index (κ2) is 8.93. The van der Waals surface area contributed by atoms with E-state index in [1.807, 2.05) is 19.1 Å². The Hall–Kier alpha value is -2.10. The maximum absolute atomic E-state index is 12.9. The highest BCUT2D eigenvalue weighted by atomic mass is 35.5. The molecule has 0 radical (unpaired) electrons. The average Bonchev–Trinajstić information content (AvgIpc) is 2.61. The second-order valence-electron chi connectivity index (χ2n) is 5.85. The summed E-state index contributed by atoms with van der Waals surface area (Å²) in [7, 11) is -4.23. The van der Waals surface area contributed by atoms with E-state index in [0.717, 1.165) is 17.7 Å². The van der Waals surface area contributed by atoms with E-state index in [9.17, 15) is 26.4 Å². The SMILES string of the molecule is CCc1ccccc1NC(=O)CCNS(=O)(=O)c1ccc(Cl)c(C(F)(F)F)c1. The van der Waals surface area contributed by atoms with E-state index in [4.69, 9.17) is 11.6 Å². The highest BCUT2D eigenvalue weighted by molar-refractivity contribution is 7.89. The summed E-state index contributed by atoms with van der Waals surface area (Å²) in [5, 5.41) is 2.09. The van der Waals surface area contributed by atoms with Crippen molar-refractivity contribution in [1.82, 2.24) is 4.72 Å². The minimum Gasteiger partial charge on any atom is -0.326 e. The van der Waals surface area contributed by atoms with Crippen LogP contribution in [0.2, 0.25) is 5.02 Å². The molecule has 0 spiro atoms. The zero-order valence-corrected chi connectivity index (χ0v) is 16.4. The third-order valence-electron chi connectivity index (χ3n) is 3.87. The minimum atomic E-state index is -4.78. The fourth-order valence-electron chi connectivity index (χ4n) is 2.43. The first kappa shape index (κ1) is 22.2. The lowest BCUT2D eigenvalue weighted by Crippen LogP contribution is -2.28. The molecule has 0 bridgehead atoms. The summed E-state index contributed by atoms with van der Waals surface area (Å²) < 4.78 is 65.2. The summed E-state index contributed by atoms with van der Waals surface area (Å²) in [5.41, 5.74) is 0.314. The first-order valence-electron chi connectivity index (χ1n) is 8.28. The van der Waals surface area contributed by atoms with Crippen molar-refractivity contribution >= 4 is 33.2 Å². The van der Waals surface area contributed by atoms with Crippen molar-refractivity contribution in [1.29, 1.82) is 0 Å². The Bertz CT molecular complexity index is 963. The van der Waals surface area contributed by atoms with Crippen molar-refractivity contribution in [3.8, 4) is 0 Å². The fourth-order valence-corrected chi connectivity index (χ4v) is 3.72. The number of benzene rings is 2. The first-order chi connectivity index (χ1) is 13.0. The molecule has 5 nitrogen and oxygen atoms in total. The van der Waals surface area contributed by atoms with E-state index in [1.165, 1.54) is 0 Å². The molecule has 28 heavy (non-hydrogen) atoms. The predicted molar refractivity (Wildman–Crippen MR) is 101 cm³/mol. The highest BCUT2D eigenvalue weighted by Crippen LogP contribution is 2.35. The maximum Gasteiger partial charge on any atom is 0.417 e. The standard InChI is InChI=1S/C18H18ClF3N2O3S/c1-2-12-5-3-4-6-16(12)24-17(25)9-10-23-28(26,27)13-7-8-15(19)14(11-13)18(20,21)22/h3-8,11,23H,2,9-10H2,1H3,(H,24,25). The minimum absolute atomic E-state index is 0.184. The number of para-hydroxylation sites is 1. The van der Waals surface area contributed by atoms with Gasteiger partial charge in [-0.25, -0.2) is 13.1 Å². The van der Waals surface area contributed by atoms with Gasteiger partial charge in [0.25, 0.3) is 0 Å². The number of hydrogen-bond donors (Lipinski definition) is 2. The van der Waals surface area contributed by atoms with Crippen LogP contribution in [0.25, 0.3) is 0 Å². The molecule has 152 valence electrons. The molecule has 0 aromatic heterocycles. The van der Waals surface area contributed by atoms with E-state index in [-0.39, 0.29) is 13.0 Å². The van der Waals surface area contributed by atoms with Crippen LogP contribution < -0.4 is 10.0 Å². The Morgan fingerprint density at radius 1 is 1.14 bits per heavy atom. The van der Waals surface area contributed by atoms with Crippen molar-refractivity contribution in [3.05, 3.63) is 58.6 Å². The van der Waals surface area contributed by atoms with Crippen molar-refractivity contribution in [3.63, 3.8) is 0 Å².